The first kappa shape index (κ1) is 26.1. The summed E-state index contributed by atoms with van der Waals surface area (Å²) in [7, 11) is 0. The van der Waals surface area contributed by atoms with E-state index in [9.17, 15) is 4.79 Å². The van der Waals surface area contributed by atoms with Crippen LogP contribution in [0.2, 0.25) is 0 Å². The second kappa shape index (κ2) is 11.1. The lowest BCUT2D eigenvalue weighted by molar-refractivity contribution is -0.137. The number of piperidine rings is 1. The average Bonchev–Trinajstić information content (AvgIpc) is 3.32. The molecule has 2 aliphatic rings. The van der Waals surface area contributed by atoms with Crippen LogP contribution < -0.4 is 4.90 Å². The molecule has 1 aromatic heterocycles. The minimum atomic E-state index is 0.0523. The zero-order chi connectivity index (χ0) is 26.9. The quantitative estimate of drug-likeness (QED) is 0.289. The summed E-state index contributed by atoms with van der Waals surface area (Å²) in [4.78, 5) is 25.6. The second-order valence-corrected chi connectivity index (χ2v) is 11.9. The van der Waals surface area contributed by atoms with Gasteiger partial charge in [-0.2, -0.15) is 0 Å². The molecule has 4 aromatic rings. The number of hydrogen-bond acceptors (Lipinski definition) is 4. The molecule has 0 aliphatic carbocycles. The van der Waals surface area contributed by atoms with Crippen molar-refractivity contribution in [1.29, 1.82) is 0 Å². The molecule has 0 bridgehead atoms. The van der Waals surface area contributed by atoms with Crippen molar-refractivity contribution < 1.29 is 4.79 Å². The summed E-state index contributed by atoms with van der Waals surface area (Å²) in [5.74, 6) is 1.40. The van der Waals surface area contributed by atoms with E-state index in [1.165, 1.54) is 16.8 Å². The van der Waals surface area contributed by atoms with E-state index in [0.29, 0.717) is 5.91 Å². The predicted octanol–water partition coefficient (Wildman–Crippen LogP) is 5.97. The Labute approximate surface area is 239 Å². The molecular weight excluding hydrogens is 550 g/mol. The van der Waals surface area contributed by atoms with Gasteiger partial charge < -0.3 is 9.80 Å². The first-order valence-corrected chi connectivity index (χ1v) is 14.8. The lowest BCUT2D eigenvalue weighted by atomic mass is 9.96. The zero-order valence-electron chi connectivity index (χ0n) is 22.8. The third-order valence-electron chi connectivity index (χ3n) is 8.23. The number of benzene rings is 3. The molecule has 0 N–H and O–H groups in total. The normalized spacial score (nSPS) is 18.6. The highest BCUT2D eigenvalue weighted by molar-refractivity contribution is 9.10. The smallest absolute Gasteiger partial charge is 0.227 e. The van der Waals surface area contributed by atoms with E-state index in [4.69, 9.17) is 4.98 Å². The van der Waals surface area contributed by atoms with Gasteiger partial charge in [0.1, 0.15) is 5.82 Å². The molecular formula is C32H36BrN5O. The number of fused-ring (bicyclic) bond motifs is 1. The summed E-state index contributed by atoms with van der Waals surface area (Å²) in [5, 5.41) is 0. The lowest BCUT2D eigenvalue weighted by Crippen LogP contribution is -2.52. The molecule has 2 fully saturated rings. The highest BCUT2D eigenvalue weighted by Crippen LogP contribution is 2.27. The molecule has 7 heteroatoms. The molecule has 0 spiro atoms. The summed E-state index contributed by atoms with van der Waals surface area (Å²) in [6.07, 6.45) is 2.01. The summed E-state index contributed by atoms with van der Waals surface area (Å²) < 4.78 is 3.32. The Morgan fingerprint density at radius 2 is 1.72 bits per heavy atom. The van der Waals surface area contributed by atoms with Crippen LogP contribution >= 0.6 is 15.9 Å². The summed E-state index contributed by atoms with van der Waals surface area (Å²) >= 11 is 3.56. The van der Waals surface area contributed by atoms with Crippen molar-refractivity contribution in [2.75, 3.05) is 44.2 Å². The van der Waals surface area contributed by atoms with Crippen LogP contribution in [0.5, 0.6) is 0 Å². The summed E-state index contributed by atoms with van der Waals surface area (Å²) in [5.41, 5.74) is 7.11. The maximum absolute atomic E-state index is 13.6. The van der Waals surface area contributed by atoms with Crippen LogP contribution in [0.1, 0.15) is 29.8 Å². The Kier molecular flexibility index (Phi) is 7.45. The van der Waals surface area contributed by atoms with Gasteiger partial charge in [-0.1, -0.05) is 40.2 Å². The van der Waals surface area contributed by atoms with E-state index in [1.807, 2.05) is 6.07 Å². The first-order chi connectivity index (χ1) is 19.0. The van der Waals surface area contributed by atoms with Crippen molar-refractivity contribution in [2.24, 2.45) is 5.92 Å². The first-order valence-electron chi connectivity index (χ1n) is 14.0. The summed E-state index contributed by atoms with van der Waals surface area (Å²) in [6, 6.07) is 23.4. The van der Waals surface area contributed by atoms with E-state index >= 15 is 0 Å². The molecule has 3 heterocycles. The number of rotatable bonds is 5. The van der Waals surface area contributed by atoms with Crippen molar-refractivity contribution in [2.45, 2.75) is 33.2 Å². The van der Waals surface area contributed by atoms with Crippen LogP contribution in [0.3, 0.4) is 0 Å². The molecule has 1 amide bonds. The number of imidazole rings is 1. The Balaban J connectivity index is 1.14. The van der Waals surface area contributed by atoms with Crippen LogP contribution in [-0.4, -0.2) is 64.5 Å². The number of aryl methyl sites for hydroxylation is 2. The third kappa shape index (κ3) is 5.48. The number of carbonyl (C=O) groups is 1. The minimum Gasteiger partial charge on any atom is -0.368 e. The minimum absolute atomic E-state index is 0.0523. The number of amides is 1. The van der Waals surface area contributed by atoms with E-state index < -0.39 is 0 Å². The van der Waals surface area contributed by atoms with Gasteiger partial charge in [-0.3, -0.25) is 14.3 Å². The Morgan fingerprint density at radius 3 is 2.51 bits per heavy atom. The Bertz CT molecular complexity index is 1470. The fourth-order valence-electron chi connectivity index (χ4n) is 6.15. The Morgan fingerprint density at radius 1 is 0.949 bits per heavy atom. The van der Waals surface area contributed by atoms with Crippen molar-refractivity contribution in [3.8, 4) is 5.69 Å². The van der Waals surface area contributed by atoms with Gasteiger partial charge in [0.05, 0.1) is 23.5 Å². The van der Waals surface area contributed by atoms with Crippen molar-refractivity contribution in [1.82, 2.24) is 19.4 Å². The van der Waals surface area contributed by atoms with Gasteiger partial charge >= 0.3 is 0 Å². The van der Waals surface area contributed by atoms with Gasteiger partial charge in [0, 0.05) is 48.6 Å². The number of anilines is 1. The number of likely N-dealkylation sites (tertiary alicyclic amines) is 1. The summed E-state index contributed by atoms with van der Waals surface area (Å²) in [6.45, 7) is 10.2. The Hall–Kier alpha value is -3.16. The maximum Gasteiger partial charge on any atom is 0.227 e. The zero-order valence-corrected chi connectivity index (χ0v) is 24.4. The largest absolute Gasteiger partial charge is 0.368 e. The standard InChI is InChI=1S/C32H36BrN5O/c1-23-9-10-24(2)30(20-23)36-16-18-37(19-17-36)32(39)25-6-5-15-35(21-25)22-31-34-28-7-3-4-8-29(28)38(31)27-13-11-26(33)12-14-27/h3-4,7-14,20,25H,5-6,15-19,21-22H2,1-2H3/t25-/m1/s1. The highest BCUT2D eigenvalue weighted by atomic mass is 79.9. The molecule has 1 atom stereocenters. The van der Waals surface area contributed by atoms with Crippen LogP contribution in [-0.2, 0) is 11.3 Å². The van der Waals surface area contributed by atoms with E-state index in [2.05, 4.69) is 110 Å². The van der Waals surface area contributed by atoms with E-state index in [0.717, 1.165) is 85.7 Å². The molecule has 39 heavy (non-hydrogen) atoms. The number of para-hydroxylation sites is 2. The van der Waals surface area contributed by atoms with Crippen molar-refractivity contribution >= 4 is 38.6 Å². The van der Waals surface area contributed by atoms with Crippen LogP contribution in [0.4, 0.5) is 5.69 Å². The highest BCUT2D eigenvalue weighted by Gasteiger charge is 2.32. The lowest BCUT2D eigenvalue weighted by Gasteiger charge is -2.40. The molecule has 3 aromatic carbocycles. The molecule has 0 saturated carbocycles. The molecule has 6 rings (SSSR count). The fourth-order valence-corrected chi connectivity index (χ4v) is 6.41. The van der Waals surface area contributed by atoms with Crippen molar-refractivity contribution in [3.63, 3.8) is 0 Å². The average molecular weight is 587 g/mol. The molecule has 0 unspecified atom stereocenters. The molecule has 0 radical (unpaired) electrons. The molecule has 2 aliphatic heterocycles. The SMILES string of the molecule is Cc1ccc(C)c(N2CCN(C(=O)[C@@H]3CCCN(Cc4nc5ccccc5n4-c4ccc(Br)cc4)C3)CC2)c1. The number of aromatic nitrogens is 2. The molecule has 202 valence electrons. The number of piperazine rings is 1. The fraction of sp³-hybridized carbons (Fsp3) is 0.375. The van der Waals surface area contributed by atoms with Gasteiger partial charge in [-0.05, 0) is 86.8 Å². The predicted molar refractivity (Wildman–Crippen MR) is 161 cm³/mol. The third-order valence-corrected chi connectivity index (χ3v) is 8.76. The number of halogens is 1. The van der Waals surface area contributed by atoms with Crippen LogP contribution in [0.25, 0.3) is 16.7 Å². The van der Waals surface area contributed by atoms with Gasteiger partial charge in [0.25, 0.3) is 0 Å². The topological polar surface area (TPSA) is 44.6 Å². The van der Waals surface area contributed by atoms with Gasteiger partial charge in [-0.15, -0.1) is 0 Å². The van der Waals surface area contributed by atoms with Crippen LogP contribution in [0, 0.1) is 19.8 Å². The van der Waals surface area contributed by atoms with E-state index in [1.54, 1.807) is 0 Å². The second-order valence-electron chi connectivity index (χ2n) is 11.0. The van der Waals surface area contributed by atoms with Crippen molar-refractivity contribution in [3.05, 3.63) is 88.2 Å². The van der Waals surface area contributed by atoms with E-state index in [-0.39, 0.29) is 5.92 Å². The number of nitrogens with zero attached hydrogens (tertiary/aromatic N) is 5. The van der Waals surface area contributed by atoms with Gasteiger partial charge in [0.2, 0.25) is 5.91 Å². The maximum atomic E-state index is 13.6. The number of carbonyl (C=O) groups excluding carboxylic acids is 1. The molecule has 2 saturated heterocycles. The molecule has 6 nitrogen and oxygen atoms in total. The van der Waals surface area contributed by atoms with Crippen LogP contribution in [0.15, 0.2) is 71.2 Å². The van der Waals surface area contributed by atoms with Gasteiger partial charge in [0.15, 0.2) is 0 Å². The monoisotopic (exact) mass is 585 g/mol. The number of hydrogen-bond donors (Lipinski definition) is 0. The van der Waals surface area contributed by atoms with Gasteiger partial charge in [-0.25, -0.2) is 4.98 Å².